The Morgan fingerprint density at radius 3 is 2.44 bits per heavy atom. The first-order chi connectivity index (χ1) is 12.9. The predicted molar refractivity (Wildman–Crippen MR) is 104 cm³/mol. The van der Waals surface area contributed by atoms with Crippen LogP contribution in [-0.4, -0.2) is 25.0 Å². The molecule has 0 bridgehead atoms. The number of ether oxygens (including phenoxy) is 1. The highest BCUT2D eigenvalue weighted by Crippen LogP contribution is 2.41. The lowest BCUT2D eigenvalue weighted by Gasteiger charge is -2.12. The second-order valence-electron chi connectivity index (χ2n) is 6.93. The summed E-state index contributed by atoms with van der Waals surface area (Å²) in [6, 6.07) is 13.9. The quantitative estimate of drug-likeness (QED) is 0.618. The van der Waals surface area contributed by atoms with Crippen molar-refractivity contribution in [2.75, 3.05) is 6.61 Å². The van der Waals surface area contributed by atoms with E-state index in [1.54, 1.807) is 43.3 Å². The van der Waals surface area contributed by atoms with Gasteiger partial charge in [-0.3, -0.25) is 0 Å². The maximum atomic E-state index is 13.3. The van der Waals surface area contributed by atoms with Gasteiger partial charge in [0.2, 0.25) is 0 Å². The van der Waals surface area contributed by atoms with E-state index in [1.807, 2.05) is 19.1 Å². The molecule has 0 atom stereocenters. The highest BCUT2D eigenvalue weighted by Gasteiger charge is 2.29. The summed E-state index contributed by atoms with van der Waals surface area (Å²) in [7, 11) is -3.93. The fraction of sp³-hybridized carbons (Fsp3) is 0.286. The lowest BCUT2D eigenvalue weighted by atomic mass is 10.1. The second kappa shape index (κ2) is 6.53. The van der Waals surface area contributed by atoms with Crippen molar-refractivity contribution in [1.82, 2.24) is 3.97 Å². The van der Waals surface area contributed by atoms with Crippen molar-refractivity contribution in [3.8, 4) is 0 Å². The summed E-state index contributed by atoms with van der Waals surface area (Å²) < 4.78 is 32.9. The standard InChI is InChI=1S/C21H21NO4S/c1-3-26-21(23)20-13-17-12-16(15-6-7-15)8-11-19(17)22(20)27(24,25)18-9-4-14(2)5-10-18/h4-5,8-13,15H,3,6-7H2,1-2H3. The third-order valence-electron chi connectivity index (χ3n) is 4.87. The first kappa shape index (κ1) is 17.8. The molecule has 1 saturated carbocycles. The molecule has 6 heteroatoms. The molecule has 0 N–H and O–H groups in total. The van der Waals surface area contributed by atoms with Crippen molar-refractivity contribution >= 4 is 26.9 Å². The summed E-state index contributed by atoms with van der Waals surface area (Å²) >= 11 is 0. The van der Waals surface area contributed by atoms with Crippen LogP contribution >= 0.6 is 0 Å². The number of carbonyl (C=O) groups excluding carboxylic acids is 1. The van der Waals surface area contributed by atoms with E-state index in [-0.39, 0.29) is 17.2 Å². The number of esters is 1. The number of hydrogen-bond acceptors (Lipinski definition) is 4. The summed E-state index contributed by atoms with van der Waals surface area (Å²) in [6.07, 6.45) is 2.30. The summed E-state index contributed by atoms with van der Waals surface area (Å²) in [4.78, 5) is 12.6. The number of benzene rings is 2. The van der Waals surface area contributed by atoms with E-state index in [2.05, 4.69) is 0 Å². The number of aromatic nitrogens is 1. The van der Waals surface area contributed by atoms with Gasteiger partial charge in [-0.1, -0.05) is 23.8 Å². The summed E-state index contributed by atoms with van der Waals surface area (Å²) in [5, 5.41) is 0.734. The minimum Gasteiger partial charge on any atom is -0.461 e. The zero-order chi connectivity index (χ0) is 19.2. The molecule has 1 fully saturated rings. The van der Waals surface area contributed by atoms with Crippen molar-refractivity contribution < 1.29 is 17.9 Å². The third kappa shape index (κ3) is 3.14. The average Bonchev–Trinajstić information content (AvgIpc) is 3.41. The van der Waals surface area contributed by atoms with Gasteiger partial charge in [0.1, 0.15) is 5.69 Å². The largest absolute Gasteiger partial charge is 0.461 e. The van der Waals surface area contributed by atoms with Gasteiger partial charge in [0.15, 0.2) is 0 Å². The Balaban J connectivity index is 1.94. The molecule has 4 rings (SSSR count). The van der Waals surface area contributed by atoms with Gasteiger partial charge in [0.05, 0.1) is 17.0 Å². The van der Waals surface area contributed by atoms with E-state index < -0.39 is 16.0 Å². The normalized spacial score (nSPS) is 14.4. The molecular weight excluding hydrogens is 362 g/mol. The van der Waals surface area contributed by atoms with E-state index in [4.69, 9.17) is 4.74 Å². The van der Waals surface area contributed by atoms with E-state index in [0.717, 1.165) is 27.8 Å². The van der Waals surface area contributed by atoms with Gasteiger partial charge in [-0.2, -0.15) is 0 Å². The zero-order valence-corrected chi connectivity index (χ0v) is 16.1. The van der Waals surface area contributed by atoms with Gasteiger partial charge in [-0.25, -0.2) is 17.2 Å². The number of rotatable bonds is 5. The van der Waals surface area contributed by atoms with Crippen molar-refractivity contribution in [1.29, 1.82) is 0 Å². The Hall–Kier alpha value is -2.60. The van der Waals surface area contributed by atoms with E-state index in [1.165, 1.54) is 5.56 Å². The molecule has 0 amide bonds. The SMILES string of the molecule is CCOC(=O)c1cc2cc(C3CC3)ccc2n1S(=O)(=O)c1ccc(C)cc1. The van der Waals surface area contributed by atoms with Crippen LogP contribution in [0.5, 0.6) is 0 Å². The van der Waals surface area contributed by atoms with Crippen LogP contribution in [0.25, 0.3) is 10.9 Å². The van der Waals surface area contributed by atoms with Crippen molar-refractivity contribution in [3.63, 3.8) is 0 Å². The highest BCUT2D eigenvalue weighted by molar-refractivity contribution is 7.90. The van der Waals surface area contributed by atoms with E-state index in [0.29, 0.717) is 11.4 Å². The Bertz CT molecular complexity index is 1120. The molecule has 0 spiro atoms. The Morgan fingerprint density at radius 1 is 1.11 bits per heavy atom. The van der Waals surface area contributed by atoms with Crippen molar-refractivity contribution in [2.45, 2.75) is 37.5 Å². The van der Waals surface area contributed by atoms with Crippen molar-refractivity contribution in [2.24, 2.45) is 0 Å². The fourth-order valence-corrected chi connectivity index (χ4v) is 4.80. The Kier molecular flexibility index (Phi) is 4.30. The zero-order valence-electron chi connectivity index (χ0n) is 15.3. The van der Waals surface area contributed by atoms with Crippen LogP contribution in [0.2, 0.25) is 0 Å². The van der Waals surface area contributed by atoms with Crippen molar-refractivity contribution in [3.05, 3.63) is 65.4 Å². The molecule has 0 radical (unpaired) electrons. The molecule has 1 heterocycles. The number of hydrogen-bond donors (Lipinski definition) is 0. The molecule has 1 aliphatic rings. The van der Waals surface area contributed by atoms with Crippen LogP contribution < -0.4 is 0 Å². The van der Waals surface area contributed by atoms with Gasteiger partial charge in [-0.15, -0.1) is 0 Å². The van der Waals surface area contributed by atoms with Gasteiger partial charge in [-0.05, 0) is 68.5 Å². The topological polar surface area (TPSA) is 65.4 Å². The van der Waals surface area contributed by atoms with Gasteiger partial charge >= 0.3 is 5.97 Å². The molecule has 140 valence electrons. The molecule has 0 saturated heterocycles. The van der Waals surface area contributed by atoms with Crippen LogP contribution in [-0.2, 0) is 14.8 Å². The van der Waals surface area contributed by atoms with Gasteiger partial charge in [0, 0.05) is 5.39 Å². The molecule has 0 unspecified atom stereocenters. The molecule has 1 aromatic heterocycles. The smallest absolute Gasteiger partial charge is 0.356 e. The fourth-order valence-electron chi connectivity index (χ4n) is 3.30. The Morgan fingerprint density at radius 2 is 1.81 bits per heavy atom. The molecule has 5 nitrogen and oxygen atoms in total. The minimum atomic E-state index is -3.93. The summed E-state index contributed by atoms with van der Waals surface area (Å²) in [5.74, 6) is -0.102. The molecule has 0 aliphatic heterocycles. The number of nitrogens with zero attached hydrogens (tertiary/aromatic N) is 1. The first-order valence-corrected chi connectivity index (χ1v) is 10.5. The number of carbonyl (C=O) groups is 1. The van der Waals surface area contributed by atoms with Crippen LogP contribution in [0.3, 0.4) is 0 Å². The van der Waals surface area contributed by atoms with Gasteiger partial charge in [0.25, 0.3) is 10.0 Å². The van der Waals surface area contributed by atoms with Crippen LogP contribution in [0.15, 0.2) is 53.4 Å². The molecule has 3 aromatic rings. The molecule has 27 heavy (non-hydrogen) atoms. The second-order valence-corrected chi connectivity index (χ2v) is 8.71. The number of aryl methyl sites for hydroxylation is 1. The summed E-state index contributed by atoms with van der Waals surface area (Å²) in [6.45, 7) is 3.77. The predicted octanol–water partition coefficient (Wildman–Crippen LogP) is 4.24. The maximum Gasteiger partial charge on any atom is 0.356 e. The molecular formula is C21H21NO4S. The lowest BCUT2D eigenvalue weighted by molar-refractivity contribution is 0.0518. The maximum absolute atomic E-state index is 13.3. The van der Waals surface area contributed by atoms with Crippen LogP contribution in [0, 0.1) is 6.92 Å². The third-order valence-corrected chi connectivity index (χ3v) is 6.62. The first-order valence-electron chi connectivity index (χ1n) is 9.06. The van der Waals surface area contributed by atoms with E-state index in [9.17, 15) is 13.2 Å². The lowest BCUT2D eigenvalue weighted by Crippen LogP contribution is -2.19. The summed E-state index contributed by atoms with van der Waals surface area (Å²) in [5.41, 5.74) is 2.66. The average molecular weight is 383 g/mol. The molecule has 1 aliphatic carbocycles. The van der Waals surface area contributed by atoms with Crippen LogP contribution in [0.4, 0.5) is 0 Å². The number of fused-ring (bicyclic) bond motifs is 1. The van der Waals surface area contributed by atoms with Gasteiger partial charge < -0.3 is 4.74 Å². The molecule has 2 aromatic carbocycles. The van der Waals surface area contributed by atoms with Crippen LogP contribution in [0.1, 0.15) is 47.3 Å². The van der Waals surface area contributed by atoms with E-state index >= 15 is 0 Å². The monoisotopic (exact) mass is 383 g/mol. The Labute approximate surface area is 158 Å². The highest BCUT2D eigenvalue weighted by atomic mass is 32.2. The minimum absolute atomic E-state index is 0.0281.